The van der Waals surface area contributed by atoms with Crippen molar-refractivity contribution >= 4 is 5.91 Å². The molecule has 1 amide bonds. The zero-order valence-corrected chi connectivity index (χ0v) is 12.2. The summed E-state index contributed by atoms with van der Waals surface area (Å²) in [5, 5.41) is 3.21. The van der Waals surface area contributed by atoms with E-state index in [4.69, 9.17) is 5.73 Å². The number of carbonyl (C=O) groups is 1. The van der Waals surface area contributed by atoms with Crippen LogP contribution in [0.1, 0.15) is 51.9 Å². The minimum absolute atomic E-state index is 0.188. The van der Waals surface area contributed by atoms with Gasteiger partial charge in [0.25, 0.3) is 0 Å². The van der Waals surface area contributed by atoms with E-state index >= 15 is 0 Å². The highest BCUT2D eigenvalue weighted by Crippen LogP contribution is 2.18. The van der Waals surface area contributed by atoms with Crippen molar-refractivity contribution in [3.63, 3.8) is 0 Å². The zero-order chi connectivity index (χ0) is 13.7. The van der Waals surface area contributed by atoms with E-state index in [1.54, 1.807) is 0 Å². The van der Waals surface area contributed by atoms with Gasteiger partial charge >= 0.3 is 0 Å². The molecule has 0 radical (unpaired) electrons. The molecule has 0 aromatic carbocycles. The van der Waals surface area contributed by atoms with Crippen LogP contribution in [0.5, 0.6) is 0 Å². The first-order chi connectivity index (χ1) is 9.13. The molecule has 3 N–H and O–H groups in total. The third-order valence-corrected chi connectivity index (χ3v) is 4.36. The minimum atomic E-state index is 0.188. The van der Waals surface area contributed by atoms with Crippen molar-refractivity contribution in [2.24, 2.45) is 11.7 Å². The van der Waals surface area contributed by atoms with Gasteiger partial charge in [0.15, 0.2) is 0 Å². The van der Waals surface area contributed by atoms with Gasteiger partial charge in [-0.3, -0.25) is 9.69 Å². The molecule has 2 unspecified atom stereocenters. The van der Waals surface area contributed by atoms with E-state index < -0.39 is 0 Å². The van der Waals surface area contributed by atoms with Gasteiger partial charge in [0.1, 0.15) is 0 Å². The van der Waals surface area contributed by atoms with Crippen molar-refractivity contribution in [2.45, 2.75) is 64.0 Å². The lowest BCUT2D eigenvalue weighted by Gasteiger charge is -2.34. The first-order valence-corrected chi connectivity index (χ1v) is 7.91. The summed E-state index contributed by atoms with van der Waals surface area (Å²) in [4.78, 5) is 14.3. The van der Waals surface area contributed by atoms with Crippen molar-refractivity contribution in [1.29, 1.82) is 0 Å². The second-order valence-corrected chi connectivity index (χ2v) is 6.55. The smallest absolute Gasteiger partial charge is 0.234 e. The average Bonchev–Trinajstić information content (AvgIpc) is 2.55. The maximum atomic E-state index is 12.1. The lowest BCUT2D eigenvalue weighted by Crippen LogP contribution is -2.50. The topological polar surface area (TPSA) is 58.4 Å². The Labute approximate surface area is 117 Å². The molecule has 1 aliphatic carbocycles. The molecule has 0 spiro atoms. The van der Waals surface area contributed by atoms with Crippen molar-refractivity contribution in [2.75, 3.05) is 19.6 Å². The van der Waals surface area contributed by atoms with Crippen LogP contribution in [0.25, 0.3) is 0 Å². The van der Waals surface area contributed by atoms with E-state index in [1.165, 1.54) is 25.7 Å². The lowest BCUT2D eigenvalue weighted by atomic mass is 9.96. The molecule has 1 saturated heterocycles. The Kier molecular flexibility index (Phi) is 5.64. The molecule has 4 heteroatoms. The van der Waals surface area contributed by atoms with Crippen LogP contribution in [0.3, 0.4) is 0 Å². The highest BCUT2D eigenvalue weighted by Gasteiger charge is 2.24. The average molecular weight is 267 g/mol. The summed E-state index contributed by atoms with van der Waals surface area (Å²) in [6.07, 6.45) is 8.56. The fraction of sp³-hybridized carbons (Fsp3) is 0.933. The number of likely N-dealkylation sites (tertiary alicyclic amines) is 1. The number of hydrogen-bond donors (Lipinski definition) is 2. The van der Waals surface area contributed by atoms with Gasteiger partial charge in [0.2, 0.25) is 5.91 Å². The molecule has 4 nitrogen and oxygen atoms in total. The molecule has 1 aliphatic heterocycles. The maximum absolute atomic E-state index is 12.1. The monoisotopic (exact) mass is 267 g/mol. The number of nitrogens with two attached hydrogens (primary N) is 1. The molecule has 1 saturated carbocycles. The van der Waals surface area contributed by atoms with Crippen LogP contribution in [0.15, 0.2) is 0 Å². The van der Waals surface area contributed by atoms with Gasteiger partial charge in [-0.1, -0.05) is 32.6 Å². The molecule has 0 aromatic rings. The van der Waals surface area contributed by atoms with Crippen molar-refractivity contribution in [3.8, 4) is 0 Å². The fourth-order valence-corrected chi connectivity index (χ4v) is 3.54. The standard InChI is InChI=1S/C15H29N3O/c1-12-8-13(16)10-18(9-12)11-15(19)17-14-6-4-2-3-5-7-14/h12-14H,2-11,16H2,1H3,(H,17,19). The molecule has 0 bridgehead atoms. The molecule has 19 heavy (non-hydrogen) atoms. The molecule has 2 aliphatic rings. The number of nitrogens with one attached hydrogen (secondary N) is 1. The third-order valence-electron chi connectivity index (χ3n) is 4.36. The Hall–Kier alpha value is -0.610. The largest absolute Gasteiger partial charge is 0.352 e. The predicted octanol–water partition coefficient (Wildman–Crippen LogP) is 1.49. The first kappa shape index (κ1) is 14.8. The normalized spacial score (nSPS) is 30.8. The van der Waals surface area contributed by atoms with Gasteiger partial charge in [-0.15, -0.1) is 0 Å². The molecule has 2 fully saturated rings. The Balaban J connectivity index is 1.73. The van der Waals surface area contributed by atoms with Gasteiger partial charge in [0, 0.05) is 25.2 Å². The number of piperidine rings is 1. The van der Waals surface area contributed by atoms with Crippen LogP contribution < -0.4 is 11.1 Å². The summed E-state index contributed by atoms with van der Waals surface area (Å²) in [7, 11) is 0. The van der Waals surface area contributed by atoms with E-state index in [-0.39, 0.29) is 11.9 Å². The molecular weight excluding hydrogens is 238 g/mol. The van der Waals surface area contributed by atoms with E-state index in [2.05, 4.69) is 17.1 Å². The summed E-state index contributed by atoms with van der Waals surface area (Å²) in [5.41, 5.74) is 6.02. The van der Waals surface area contributed by atoms with Crippen LogP contribution in [0, 0.1) is 5.92 Å². The minimum Gasteiger partial charge on any atom is -0.352 e. The quantitative estimate of drug-likeness (QED) is 0.762. The first-order valence-electron chi connectivity index (χ1n) is 7.91. The van der Waals surface area contributed by atoms with E-state index in [9.17, 15) is 4.79 Å². The van der Waals surface area contributed by atoms with Crippen LogP contribution in [0.4, 0.5) is 0 Å². The maximum Gasteiger partial charge on any atom is 0.234 e. The Morgan fingerprint density at radius 2 is 1.89 bits per heavy atom. The van der Waals surface area contributed by atoms with Gasteiger partial charge in [-0.25, -0.2) is 0 Å². The zero-order valence-electron chi connectivity index (χ0n) is 12.2. The number of carbonyl (C=O) groups excluding carboxylic acids is 1. The second kappa shape index (κ2) is 7.25. The van der Waals surface area contributed by atoms with E-state index in [1.807, 2.05) is 0 Å². The molecule has 1 heterocycles. The van der Waals surface area contributed by atoms with Crippen LogP contribution in [0.2, 0.25) is 0 Å². The lowest BCUT2D eigenvalue weighted by molar-refractivity contribution is -0.123. The van der Waals surface area contributed by atoms with Crippen molar-refractivity contribution in [3.05, 3.63) is 0 Å². The highest BCUT2D eigenvalue weighted by atomic mass is 16.2. The van der Waals surface area contributed by atoms with Crippen molar-refractivity contribution < 1.29 is 4.79 Å². The molecular formula is C15H29N3O. The number of nitrogens with zero attached hydrogens (tertiary/aromatic N) is 1. The molecule has 2 rings (SSSR count). The summed E-state index contributed by atoms with van der Waals surface area (Å²) in [5.74, 6) is 0.794. The van der Waals surface area contributed by atoms with Crippen LogP contribution in [-0.4, -0.2) is 42.5 Å². The number of amides is 1. The Morgan fingerprint density at radius 1 is 1.21 bits per heavy atom. The van der Waals surface area contributed by atoms with Gasteiger partial charge < -0.3 is 11.1 Å². The Morgan fingerprint density at radius 3 is 2.53 bits per heavy atom. The summed E-state index contributed by atoms with van der Waals surface area (Å²) >= 11 is 0. The Bertz CT molecular complexity index is 277. The highest BCUT2D eigenvalue weighted by molar-refractivity contribution is 5.78. The van der Waals surface area contributed by atoms with E-state index in [0.717, 1.165) is 32.4 Å². The fourth-order valence-electron chi connectivity index (χ4n) is 3.54. The molecule has 2 atom stereocenters. The molecule has 0 aromatic heterocycles. The van der Waals surface area contributed by atoms with E-state index in [0.29, 0.717) is 18.5 Å². The summed E-state index contributed by atoms with van der Waals surface area (Å²) in [6, 6.07) is 0.639. The van der Waals surface area contributed by atoms with Crippen LogP contribution in [-0.2, 0) is 4.79 Å². The van der Waals surface area contributed by atoms with Crippen molar-refractivity contribution in [1.82, 2.24) is 10.2 Å². The summed E-state index contributed by atoms with van der Waals surface area (Å²) < 4.78 is 0. The molecule has 110 valence electrons. The predicted molar refractivity (Wildman–Crippen MR) is 77.8 cm³/mol. The third kappa shape index (κ3) is 5.11. The van der Waals surface area contributed by atoms with Gasteiger partial charge in [-0.05, 0) is 25.2 Å². The summed E-state index contributed by atoms with van der Waals surface area (Å²) in [6.45, 7) is 4.61. The van der Waals surface area contributed by atoms with Gasteiger partial charge in [0.05, 0.1) is 6.54 Å². The number of hydrogen-bond acceptors (Lipinski definition) is 3. The second-order valence-electron chi connectivity index (χ2n) is 6.55. The number of rotatable bonds is 3. The van der Waals surface area contributed by atoms with Gasteiger partial charge in [-0.2, -0.15) is 0 Å². The SMILES string of the molecule is CC1CC(N)CN(CC(=O)NC2CCCCCC2)C1. The van der Waals surface area contributed by atoms with Crippen LogP contribution >= 0.6 is 0 Å².